The van der Waals surface area contributed by atoms with Gasteiger partial charge >= 0.3 is 5.97 Å². The molecule has 2 nitrogen and oxygen atoms in total. The van der Waals surface area contributed by atoms with Crippen LogP contribution in [0.5, 0.6) is 0 Å². The Hall–Kier alpha value is -1.09. The van der Waals surface area contributed by atoms with E-state index in [1.165, 1.54) is 6.07 Å². The maximum Gasteiger partial charge on any atom is 0.310 e. The average Bonchev–Trinajstić information content (AvgIpc) is 2.24. The maximum atomic E-state index is 13.6. The highest BCUT2D eigenvalue weighted by Crippen LogP contribution is 2.21. The zero-order chi connectivity index (χ0) is 12.1. The minimum atomic E-state index is -0.432. The summed E-state index contributed by atoms with van der Waals surface area (Å²) < 4.78 is 18.3. The van der Waals surface area contributed by atoms with Gasteiger partial charge in [0, 0.05) is 11.4 Å². The number of benzene rings is 1. The number of halogens is 2. The van der Waals surface area contributed by atoms with Crippen molar-refractivity contribution in [2.45, 2.75) is 26.1 Å². The molecule has 1 aromatic rings. The number of esters is 1. The van der Waals surface area contributed by atoms with Crippen LogP contribution >= 0.6 is 11.6 Å². The monoisotopic (exact) mass is 244 g/mol. The molecule has 0 amide bonds. The summed E-state index contributed by atoms with van der Waals surface area (Å²) in [6.07, 6.45) is -0.0661. The highest BCUT2D eigenvalue weighted by atomic mass is 35.5. The third kappa shape index (κ3) is 2.95. The molecule has 0 radical (unpaired) electrons. The molecule has 0 aromatic heterocycles. The maximum absolute atomic E-state index is 13.6. The molecule has 0 saturated heterocycles. The molecule has 0 aliphatic rings. The Bertz CT molecular complexity index is 391. The van der Waals surface area contributed by atoms with Gasteiger partial charge < -0.3 is 4.74 Å². The van der Waals surface area contributed by atoms with Gasteiger partial charge in [-0.2, -0.15) is 0 Å². The Morgan fingerprint density at radius 2 is 2.12 bits per heavy atom. The van der Waals surface area contributed by atoms with Crippen LogP contribution in [0.3, 0.4) is 0 Å². The van der Waals surface area contributed by atoms with Crippen LogP contribution < -0.4 is 0 Å². The van der Waals surface area contributed by atoms with E-state index in [9.17, 15) is 9.18 Å². The summed E-state index contributed by atoms with van der Waals surface area (Å²) in [6, 6.07) is 3.00. The van der Waals surface area contributed by atoms with E-state index in [0.717, 1.165) is 5.56 Å². The van der Waals surface area contributed by atoms with Crippen molar-refractivity contribution in [1.82, 2.24) is 0 Å². The van der Waals surface area contributed by atoms with Gasteiger partial charge in [-0.3, -0.25) is 4.79 Å². The van der Waals surface area contributed by atoms with Crippen LogP contribution in [0.1, 0.15) is 23.6 Å². The fourth-order valence-corrected chi connectivity index (χ4v) is 1.89. The number of ether oxygens (including phenoxy) is 1. The molecule has 0 saturated carbocycles. The molecule has 16 heavy (non-hydrogen) atoms. The molecular formula is C12H14ClFO2. The normalized spacial score (nSPS) is 10.2. The fraction of sp³-hybridized carbons (Fsp3) is 0.417. The van der Waals surface area contributed by atoms with Crippen LogP contribution in [-0.4, -0.2) is 12.6 Å². The summed E-state index contributed by atoms with van der Waals surface area (Å²) >= 11 is 5.75. The largest absolute Gasteiger partial charge is 0.466 e. The molecule has 0 N–H and O–H groups in total. The third-order valence-corrected chi connectivity index (χ3v) is 2.64. The lowest BCUT2D eigenvalue weighted by atomic mass is 10.0. The minimum absolute atomic E-state index is 0.0661. The first-order valence-electron chi connectivity index (χ1n) is 5.08. The summed E-state index contributed by atoms with van der Waals surface area (Å²) in [5, 5.41) is 0. The van der Waals surface area contributed by atoms with Gasteiger partial charge in [-0.15, -0.1) is 11.6 Å². The number of alkyl halides is 1. The summed E-state index contributed by atoms with van der Waals surface area (Å²) in [5.41, 5.74) is 1.90. The van der Waals surface area contributed by atoms with Crippen molar-refractivity contribution in [3.05, 3.63) is 34.6 Å². The van der Waals surface area contributed by atoms with Crippen LogP contribution in [0.25, 0.3) is 0 Å². The number of aryl methyl sites for hydroxylation is 1. The van der Waals surface area contributed by atoms with Crippen LogP contribution in [-0.2, 0) is 21.8 Å². The van der Waals surface area contributed by atoms with Gasteiger partial charge in [-0.05, 0) is 31.0 Å². The van der Waals surface area contributed by atoms with Gasteiger partial charge in [-0.1, -0.05) is 6.07 Å². The first-order chi connectivity index (χ1) is 7.60. The van der Waals surface area contributed by atoms with Gasteiger partial charge in [0.1, 0.15) is 5.82 Å². The summed E-state index contributed by atoms with van der Waals surface area (Å²) in [4.78, 5) is 11.3. The first-order valence-corrected chi connectivity index (χ1v) is 5.62. The van der Waals surface area contributed by atoms with E-state index in [2.05, 4.69) is 0 Å². The Morgan fingerprint density at radius 3 is 2.69 bits per heavy atom. The van der Waals surface area contributed by atoms with E-state index in [-0.39, 0.29) is 12.3 Å². The number of hydrogen-bond donors (Lipinski definition) is 0. The minimum Gasteiger partial charge on any atom is -0.466 e. The highest BCUT2D eigenvalue weighted by molar-refractivity contribution is 6.17. The van der Waals surface area contributed by atoms with Crippen molar-refractivity contribution in [3.8, 4) is 0 Å². The van der Waals surface area contributed by atoms with E-state index < -0.39 is 11.8 Å². The molecule has 0 aliphatic carbocycles. The van der Waals surface area contributed by atoms with Gasteiger partial charge in [0.2, 0.25) is 0 Å². The lowest BCUT2D eigenvalue weighted by Crippen LogP contribution is -2.11. The van der Waals surface area contributed by atoms with Crippen molar-refractivity contribution in [2.24, 2.45) is 0 Å². The third-order valence-electron chi connectivity index (χ3n) is 2.37. The smallest absolute Gasteiger partial charge is 0.310 e. The second-order valence-corrected chi connectivity index (χ2v) is 3.70. The second kappa shape index (κ2) is 5.85. The summed E-state index contributed by atoms with van der Waals surface area (Å²) in [6.45, 7) is 3.85. The van der Waals surface area contributed by atoms with E-state index in [1.54, 1.807) is 13.0 Å². The predicted molar refractivity (Wildman–Crippen MR) is 61.0 cm³/mol. The molecule has 0 aliphatic heterocycles. The molecule has 4 heteroatoms. The first kappa shape index (κ1) is 13.0. The lowest BCUT2D eigenvalue weighted by Gasteiger charge is -2.10. The van der Waals surface area contributed by atoms with Crippen LogP contribution in [0.15, 0.2) is 12.1 Å². The van der Waals surface area contributed by atoms with E-state index in [0.29, 0.717) is 17.7 Å². The molecule has 0 unspecified atom stereocenters. The SMILES string of the molecule is CCOC(=O)Cc1c(F)ccc(C)c1CCl. The summed E-state index contributed by atoms with van der Waals surface area (Å²) in [5.74, 6) is -0.647. The van der Waals surface area contributed by atoms with E-state index in [1.807, 2.05) is 6.92 Å². The van der Waals surface area contributed by atoms with Gasteiger partial charge in [-0.25, -0.2) is 4.39 Å². The number of rotatable bonds is 4. The molecule has 0 atom stereocenters. The Labute approximate surface area is 99.4 Å². The van der Waals surface area contributed by atoms with Crippen LogP contribution in [0.4, 0.5) is 4.39 Å². The predicted octanol–water partition coefficient (Wildman–Crippen LogP) is 2.98. The number of carbonyl (C=O) groups is 1. The molecule has 0 bridgehead atoms. The highest BCUT2D eigenvalue weighted by Gasteiger charge is 2.14. The molecule has 0 heterocycles. The zero-order valence-electron chi connectivity index (χ0n) is 9.35. The van der Waals surface area contributed by atoms with Crippen molar-refractivity contribution < 1.29 is 13.9 Å². The van der Waals surface area contributed by atoms with E-state index >= 15 is 0 Å². The average molecular weight is 245 g/mol. The molecule has 0 spiro atoms. The van der Waals surface area contributed by atoms with Gasteiger partial charge in [0.15, 0.2) is 0 Å². The molecule has 1 rings (SSSR count). The van der Waals surface area contributed by atoms with Crippen molar-refractivity contribution >= 4 is 17.6 Å². The quantitative estimate of drug-likeness (QED) is 0.601. The fourth-order valence-electron chi connectivity index (χ4n) is 1.52. The molecule has 1 aromatic carbocycles. The molecule has 88 valence electrons. The second-order valence-electron chi connectivity index (χ2n) is 3.44. The molecule has 0 fully saturated rings. The van der Waals surface area contributed by atoms with Crippen molar-refractivity contribution in [1.29, 1.82) is 0 Å². The van der Waals surface area contributed by atoms with Gasteiger partial charge in [0.25, 0.3) is 0 Å². The van der Waals surface area contributed by atoms with E-state index in [4.69, 9.17) is 16.3 Å². The Balaban J connectivity index is 3.01. The summed E-state index contributed by atoms with van der Waals surface area (Å²) in [7, 11) is 0. The van der Waals surface area contributed by atoms with Gasteiger partial charge in [0.05, 0.1) is 13.0 Å². The topological polar surface area (TPSA) is 26.3 Å². The van der Waals surface area contributed by atoms with Crippen LogP contribution in [0.2, 0.25) is 0 Å². The molecular weight excluding hydrogens is 231 g/mol. The number of hydrogen-bond acceptors (Lipinski definition) is 2. The lowest BCUT2D eigenvalue weighted by molar-refractivity contribution is -0.142. The van der Waals surface area contributed by atoms with Crippen LogP contribution in [0, 0.1) is 12.7 Å². The standard InChI is InChI=1S/C12H14ClFO2/c1-3-16-12(15)6-9-10(7-13)8(2)4-5-11(9)14/h4-5H,3,6-7H2,1-2H3. The number of carbonyl (C=O) groups excluding carboxylic acids is 1. The Morgan fingerprint density at radius 1 is 1.44 bits per heavy atom. The zero-order valence-corrected chi connectivity index (χ0v) is 10.1. The Kier molecular flexibility index (Phi) is 4.74. The van der Waals surface area contributed by atoms with Crippen molar-refractivity contribution in [3.63, 3.8) is 0 Å². The van der Waals surface area contributed by atoms with Crippen molar-refractivity contribution in [2.75, 3.05) is 6.61 Å².